The molecule has 2 heterocycles. The van der Waals surface area contributed by atoms with E-state index in [4.69, 9.17) is 11.6 Å². The third kappa shape index (κ3) is 3.84. The molecule has 0 bridgehead atoms. The van der Waals surface area contributed by atoms with Gasteiger partial charge in [-0.2, -0.15) is 5.26 Å². The van der Waals surface area contributed by atoms with E-state index in [1.165, 1.54) is 24.4 Å². The van der Waals surface area contributed by atoms with E-state index in [1.807, 2.05) is 6.07 Å². The van der Waals surface area contributed by atoms with Crippen LogP contribution in [-0.4, -0.2) is 15.9 Å². The molecule has 0 atom stereocenters. The SMILES string of the molecule is N#C/C(=C\c1c[nH]c2ncc(Cl)cc12)C(=O)NCc1ccc(F)cc1. The zero-order valence-electron chi connectivity index (χ0n) is 12.9. The van der Waals surface area contributed by atoms with Gasteiger partial charge >= 0.3 is 0 Å². The Morgan fingerprint density at radius 2 is 2.16 bits per heavy atom. The predicted octanol–water partition coefficient (Wildman–Crippen LogP) is 3.58. The van der Waals surface area contributed by atoms with Crippen molar-refractivity contribution in [1.82, 2.24) is 15.3 Å². The maximum Gasteiger partial charge on any atom is 0.262 e. The van der Waals surface area contributed by atoms with Gasteiger partial charge in [0.2, 0.25) is 0 Å². The minimum absolute atomic E-state index is 0.0528. The molecule has 1 amide bonds. The number of fused-ring (bicyclic) bond motifs is 1. The van der Waals surface area contributed by atoms with Crippen molar-refractivity contribution in [2.45, 2.75) is 6.54 Å². The first-order valence-electron chi connectivity index (χ1n) is 7.34. The highest BCUT2D eigenvalue weighted by molar-refractivity contribution is 6.31. The number of nitrogens with one attached hydrogen (secondary N) is 2. The van der Waals surface area contributed by atoms with Crippen LogP contribution in [0.25, 0.3) is 17.1 Å². The highest BCUT2D eigenvalue weighted by Crippen LogP contribution is 2.22. The topological polar surface area (TPSA) is 81.6 Å². The van der Waals surface area contributed by atoms with Gasteiger partial charge in [-0.05, 0) is 29.8 Å². The molecule has 124 valence electrons. The number of amides is 1. The van der Waals surface area contributed by atoms with Crippen LogP contribution in [0.4, 0.5) is 4.39 Å². The number of nitriles is 1. The van der Waals surface area contributed by atoms with Gasteiger partial charge in [-0.1, -0.05) is 23.7 Å². The summed E-state index contributed by atoms with van der Waals surface area (Å²) in [4.78, 5) is 19.3. The smallest absolute Gasteiger partial charge is 0.262 e. The molecule has 0 spiro atoms. The Bertz CT molecular complexity index is 1000. The van der Waals surface area contributed by atoms with Gasteiger partial charge in [-0.3, -0.25) is 4.79 Å². The maximum absolute atomic E-state index is 12.9. The number of halogens is 2. The number of carbonyl (C=O) groups excluding carboxylic acids is 1. The van der Waals surface area contributed by atoms with E-state index in [1.54, 1.807) is 24.4 Å². The molecular weight excluding hydrogens is 343 g/mol. The van der Waals surface area contributed by atoms with E-state index in [2.05, 4.69) is 15.3 Å². The van der Waals surface area contributed by atoms with E-state index in [0.29, 0.717) is 21.6 Å². The first-order valence-corrected chi connectivity index (χ1v) is 7.71. The average molecular weight is 355 g/mol. The fourth-order valence-corrected chi connectivity index (χ4v) is 2.46. The van der Waals surface area contributed by atoms with E-state index in [9.17, 15) is 14.4 Å². The van der Waals surface area contributed by atoms with Crippen molar-refractivity contribution in [2.75, 3.05) is 0 Å². The molecule has 0 aliphatic heterocycles. The zero-order chi connectivity index (χ0) is 17.8. The van der Waals surface area contributed by atoms with Crippen molar-refractivity contribution in [1.29, 1.82) is 5.26 Å². The number of aromatic amines is 1. The summed E-state index contributed by atoms with van der Waals surface area (Å²) in [5, 5.41) is 13.1. The number of benzene rings is 1. The van der Waals surface area contributed by atoms with Crippen molar-refractivity contribution in [2.24, 2.45) is 0 Å². The molecule has 7 heteroatoms. The predicted molar refractivity (Wildman–Crippen MR) is 92.9 cm³/mol. The Hall–Kier alpha value is -3.17. The molecule has 2 N–H and O–H groups in total. The summed E-state index contributed by atoms with van der Waals surface area (Å²) in [5.41, 5.74) is 1.93. The van der Waals surface area contributed by atoms with Crippen molar-refractivity contribution in [3.63, 3.8) is 0 Å². The van der Waals surface area contributed by atoms with E-state index in [-0.39, 0.29) is 17.9 Å². The van der Waals surface area contributed by atoms with Gasteiger partial charge in [0.1, 0.15) is 23.1 Å². The summed E-state index contributed by atoms with van der Waals surface area (Å²) in [5.74, 6) is -0.865. The second-order valence-corrected chi connectivity index (χ2v) is 5.71. The van der Waals surface area contributed by atoms with Gasteiger partial charge < -0.3 is 10.3 Å². The fraction of sp³-hybridized carbons (Fsp3) is 0.0556. The molecular formula is C18H12ClFN4O. The lowest BCUT2D eigenvalue weighted by Crippen LogP contribution is -2.23. The van der Waals surface area contributed by atoms with Gasteiger partial charge in [-0.25, -0.2) is 9.37 Å². The molecule has 2 aromatic heterocycles. The number of carbonyl (C=O) groups is 1. The van der Waals surface area contributed by atoms with Crippen LogP contribution in [-0.2, 0) is 11.3 Å². The molecule has 3 aromatic rings. The second kappa shape index (κ2) is 7.16. The standard InChI is InChI=1S/C18H12ClFN4O/c19-14-6-16-13(9-22-17(16)23-10-14)5-12(7-21)18(25)24-8-11-1-3-15(20)4-2-11/h1-6,9-10H,8H2,(H,22,23)(H,24,25)/b12-5+. The van der Waals surface area contributed by atoms with Crippen LogP contribution < -0.4 is 5.32 Å². The van der Waals surface area contributed by atoms with Crippen LogP contribution in [0.3, 0.4) is 0 Å². The Morgan fingerprint density at radius 3 is 2.88 bits per heavy atom. The highest BCUT2D eigenvalue weighted by Gasteiger charge is 2.11. The Labute approximate surface area is 147 Å². The van der Waals surface area contributed by atoms with E-state index in [0.717, 1.165) is 5.56 Å². The third-order valence-electron chi connectivity index (χ3n) is 3.56. The number of hydrogen-bond acceptors (Lipinski definition) is 3. The number of rotatable bonds is 4. The first kappa shape index (κ1) is 16.7. The van der Waals surface area contributed by atoms with Gasteiger partial charge in [0.15, 0.2) is 0 Å². The van der Waals surface area contributed by atoms with Gasteiger partial charge in [-0.15, -0.1) is 0 Å². The summed E-state index contributed by atoms with van der Waals surface area (Å²) in [6.45, 7) is 0.194. The third-order valence-corrected chi connectivity index (χ3v) is 3.77. The van der Waals surface area contributed by atoms with Gasteiger partial charge in [0.25, 0.3) is 5.91 Å². The van der Waals surface area contributed by atoms with Gasteiger partial charge in [0, 0.05) is 29.9 Å². The summed E-state index contributed by atoms with van der Waals surface area (Å²) in [7, 11) is 0. The summed E-state index contributed by atoms with van der Waals surface area (Å²) in [6, 6.07) is 9.35. The average Bonchev–Trinajstić information content (AvgIpc) is 3.00. The van der Waals surface area contributed by atoms with Crippen LogP contribution >= 0.6 is 11.6 Å². The second-order valence-electron chi connectivity index (χ2n) is 5.27. The minimum atomic E-state index is -0.517. The van der Waals surface area contributed by atoms with Crippen LogP contribution in [0.2, 0.25) is 5.02 Å². The molecule has 0 radical (unpaired) electrons. The van der Waals surface area contributed by atoms with Crippen LogP contribution in [0.1, 0.15) is 11.1 Å². The quantitative estimate of drug-likeness (QED) is 0.555. The van der Waals surface area contributed by atoms with E-state index >= 15 is 0 Å². The minimum Gasteiger partial charge on any atom is -0.347 e. The van der Waals surface area contributed by atoms with Crippen molar-refractivity contribution in [3.05, 3.63) is 70.3 Å². The Balaban J connectivity index is 1.79. The monoisotopic (exact) mass is 354 g/mol. The molecule has 1 aromatic carbocycles. The summed E-state index contributed by atoms with van der Waals surface area (Å²) in [6.07, 6.45) is 4.63. The first-order chi connectivity index (χ1) is 12.1. The normalized spacial score (nSPS) is 11.3. The molecule has 0 aliphatic rings. The molecule has 0 fully saturated rings. The lowest BCUT2D eigenvalue weighted by molar-refractivity contribution is -0.117. The highest BCUT2D eigenvalue weighted by atomic mass is 35.5. The fourth-order valence-electron chi connectivity index (χ4n) is 2.30. The molecule has 5 nitrogen and oxygen atoms in total. The van der Waals surface area contributed by atoms with Crippen LogP contribution in [0.5, 0.6) is 0 Å². The van der Waals surface area contributed by atoms with Crippen molar-refractivity contribution < 1.29 is 9.18 Å². The lowest BCUT2D eigenvalue weighted by Gasteiger charge is -2.04. The molecule has 0 saturated heterocycles. The summed E-state index contributed by atoms with van der Waals surface area (Å²) >= 11 is 5.94. The maximum atomic E-state index is 12.9. The van der Waals surface area contributed by atoms with Crippen LogP contribution in [0.15, 0.2) is 48.3 Å². The molecule has 0 saturated carbocycles. The molecule has 0 unspecified atom stereocenters. The van der Waals surface area contributed by atoms with Crippen molar-refractivity contribution in [3.8, 4) is 6.07 Å². The summed E-state index contributed by atoms with van der Waals surface area (Å²) < 4.78 is 12.9. The number of aromatic nitrogens is 2. The molecule has 0 aliphatic carbocycles. The number of pyridine rings is 1. The molecule has 25 heavy (non-hydrogen) atoms. The van der Waals surface area contributed by atoms with Crippen molar-refractivity contribution >= 4 is 34.6 Å². The molecule has 3 rings (SSSR count). The zero-order valence-corrected chi connectivity index (χ0v) is 13.6. The van der Waals surface area contributed by atoms with E-state index < -0.39 is 5.91 Å². The Kier molecular flexibility index (Phi) is 4.78. The van der Waals surface area contributed by atoms with Gasteiger partial charge in [0.05, 0.1) is 5.02 Å². The largest absolute Gasteiger partial charge is 0.347 e. The lowest BCUT2D eigenvalue weighted by atomic mass is 10.1. The van der Waals surface area contributed by atoms with Crippen LogP contribution in [0, 0.1) is 17.1 Å². The number of H-pyrrole nitrogens is 1. The number of nitrogens with zero attached hydrogens (tertiary/aromatic N) is 2. The number of hydrogen-bond donors (Lipinski definition) is 2. The Morgan fingerprint density at radius 1 is 1.40 bits per heavy atom.